The summed E-state index contributed by atoms with van der Waals surface area (Å²) in [7, 11) is 1.66. The molecule has 1 aromatic heterocycles. The van der Waals surface area contributed by atoms with E-state index in [9.17, 15) is 0 Å². The average Bonchev–Trinajstić information content (AvgIpc) is 3.30. The van der Waals surface area contributed by atoms with Gasteiger partial charge in [-0.25, -0.2) is 0 Å². The quantitative estimate of drug-likeness (QED) is 0.690. The van der Waals surface area contributed by atoms with Gasteiger partial charge in [0.25, 0.3) is 0 Å². The summed E-state index contributed by atoms with van der Waals surface area (Å²) in [4.78, 5) is 0. The number of tetrazole rings is 1. The molecule has 1 fully saturated rings. The van der Waals surface area contributed by atoms with Crippen LogP contribution in [-0.4, -0.2) is 40.5 Å². The second-order valence-electron chi connectivity index (χ2n) is 7.74. The van der Waals surface area contributed by atoms with Crippen LogP contribution in [0.3, 0.4) is 0 Å². The fourth-order valence-corrected chi connectivity index (χ4v) is 4.34. The van der Waals surface area contributed by atoms with E-state index in [2.05, 4.69) is 20.8 Å². The van der Waals surface area contributed by atoms with Gasteiger partial charge in [-0.15, -0.1) is 5.10 Å². The van der Waals surface area contributed by atoms with Crippen LogP contribution in [0.5, 0.6) is 17.2 Å². The van der Waals surface area contributed by atoms with Gasteiger partial charge in [0.15, 0.2) is 17.3 Å². The van der Waals surface area contributed by atoms with Crippen LogP contribution in [0.4, 0.5) is 5.69 Å². The minimum absolute atomic E-state index is 0.356. The van der Waals surface area contributed by atoms with E-state index in [1.165, 1.54) is 6.42 Å². The molecule has 0 saturated heterocycles. The van der Waals surface area contributed by atoms with Crippen molar-refractivity contribution < 1.29 is 14.2 Å². The van der Waals surface area contributed by atoms with Crippen molar-refractivity contribution in [1.29, 1.82) is 0 Å². The number of benzene rings is 2. The van der Waals surface area contributed by atoms with Crippen molar-refractivity contribution in [1.82, 2.24) is 20.2 Å². The molecule has 1 aliphatic carbocycles. The number of hydrogen-bond acceptors (Lipinski definition) is 7. The molecule has 1 aliphatic heterocycles. The Kier molecular flexibility index (Phi) is 4.90. The zero-order valence-electron chi connectivity index (χ0n) is 17.0. The van der Waals surface area contributed by atoms with Crippen LogP contribution in [0.25, 0.3) is 5.69 Å². The Morgan fingerprint density at radius 1 is 0.967 bits per heavy atom. The fourth-order valence-electron chi connectivity index (χ4n) is 4.34. The maximum absolute atomic E-state index is 5.77. The average molecular weight is 407 g/mol. The molecule has 5 rings (SSSR count). The number of aromatic nitrogens is 4. The minimum atomic E-state index is -0.356. The molecule has 0 atom stereocenters. The van der Waals surface area contributed by atoms with Crippen molar-refractivity contribution >= 4 is 5.69 Å². The van der Waals surface area contributed by atoms with Crippen molar-refractivity contribution in [2.45, 2.75) is 37.6 Å². The largest absolute Gasteiger partial charge is 0.497 e. The van der Waals surface area contributed by atoms with E-state index in [1.807, 2.05) is 47.1 Å². The standard InChI is InChI=1S/C22H25N5O3/c1-28-18-8-6-17(7-9-18)27-21(24-25-26-27)22(11-3-2-4-12-22)23-16-5-10-19-20(15-16)30-14-13-29-19/h5-10,15,23H,2-4,11-14H2,1H3. The molecule has 0 amide bonds. The lowest BCUT2D eigenvalue weighted by atomic mass is 9.80. The first-order chi connectivity index (χ1) is 14.8. The molecule has 0 radical (unpaired) electrons. The number of hydrogen-bond donors (Lipinski definition) is 1. The van der Waals surface area contributed by atoms with Crippen LogP contribution in [0.15, 0.2) is 42.5 Å². The zero-order chi connectivity index (χ0) is 20.4. The molecule has 2 aliphatic rings. The van der Waals surface area contributed by atoms with E-state index in [0.717, 1.165) is 60.1 Å². The minimum Gasteiger partial charge on any atom is -0.497 e. The first-order valence-electron chi connectivity index (χ1n) is 10.4. The lowest BCUT2D eigenvalue weighted by Gasteiger charge is -2.38. The summed E-state index contributed by atoms with van der Waals surface area (Å²) in [5.74, 6) is 3.18. The molecule has 1 N–H and O–H groups in total. The Balaban J connectivity index is 1.51. The number of anilines is 1. The topological polar surface area (TPSA) is 83.3 Å². The van der Waals surface area contributed by atoms with Gasteiger partial charge < -0.3 is 19.5 Å². The molecule has 1 saturated carbocycles. The molecular weight excluding hydrogens is 382 g/mol. The highest BCUT2D eigenvalue weighted by Gasteiger charge is 2.39. The highest BCUT2D eigenvalue weighted by molar-refractivity contribution is 5.57. The van der Waals surface area contributed by atoms with Crippen LogP contribution < -0.4 is 19.5 Å². The van der Waals surface area contributed by atoms with Crippen molar-refractivity contribution in [2.24, 2.45) is 0 Å². The molecule has 0 spiro atoms. The van der Waals surface area contributed by atoms with Crippen LogP contribution in [-0.2, 0) is 5.54 Å². The van der Waals surface area contributed by atoms with Crippen LogP contribution in [0, 0.1) is 0 Å². The molecular formula is C22H25N5O3. The van der Waals surface area contributed by atoms with Gasteiger partial charge in [-0.05, 0) is 59.7 Å². The highest BCUT2D eigenvalue weighted by Crippen LogP contribution is 2.41. The monoisotopic (exact) mass is 407 g/mol. The number of rotatable bonds is 5. The van der Waals surface area contributed by atoms with E-state index in [1.54, 1.807) is 7.11 Å². The van der Waals surface area contributed by atoms with E-state index >= 15 is 0 Å². The van der Waals surface area contributed by atoms with E-state index in [0.29, 0.717) is 13.2 Å². The molecule has 0 unspecified atom stereocenters. The summed E-state index contributed by atoms with van der Waals surface area (Å²) in [5, 5.41) is 16.5. The van der Waals surface area contributed by atoms with Gasteiger partial charge in [-0.1, -0.05) is 19.3 Å². The molecule has 2 heterocycles. The Bertz CT molecular complexity index is 1010. The summed E-state index contributed by atoms with van der Waals surface area (Å²) >= 11 is 0. The van der Waals surface area contributed by atoms with Gasteiger partial charge in [0.05, 0.1) is 18.3 Å². The van der Waals surface area contributed by atoms with E-state index in [4.69, 9.17) is 14.2 Å². The molecule has 3 aromatic rings. The van der Waals surface area contributed by atoms with E-state index < -0.39 is 0 Å². The maximum atomic E-state index is 5.77. The van der Waals surface area contributed by atoms with E-state index in [-0.39, 0.29) is 5.54 Å². The molecule has 0 bridgehead atoms. The van der Waals surface area contributed by atoms with Gasteiger partial charge in [-0.3, -0.25) is 0 Å². The summed E-state index contributed by atoms with van der Waals surface area (Å²) in [6.45, 7) is 1.15. The molecule has 30 heavy (non-hydrogen) atoms. The SMILES string of the molecule is COc1ccc(-n2nnnc2C2(Nc3ccc4c(c3)OCCO4)CCCCC2)cc1. The Morgan fingerprint density at radius 2 is 1.73 bits per heavy atom. The predicted molar refractivity (Wildman–Crippen MR) is 112 cm³/mol. The fraction of sp³-hybridized carbons (Fsp3) is 0.409. The second kappa shape index (κ2) is 7.85. The summed E-state index contributed by atoms with van der Waals surface area (Å²) < 4.78 is 18.5. The molecule has 8 nitrogen and oxygen atoms in total. The van der Waals surface area contributed by atoms with Gasteiger partial charge in [0.2, 0.25) is 0 Å². The molecule has 8 heteroatoms. The Hall–Kier alpha value is -3.29. The second-order valence-corrected chi connectivity index (χ2v) is 7.74. The Labute approximate surface area is 175 Å². The normalized spacial score (nSPS) is 17.4. The number of methoxy groups -OCH3 is 1. The summed E-state index contributed by atoms with van der Waals surface area (Å²) in [6.07, 6.45) is 5.37. The highest BCUT2D eigenvalue weighted by atomic mass is 16.6. The van der Waals surface area contributed by atoms with Crippen LogP contribution in [0.2, 0.25) is 0 Å². The molecule has 156 valence electrons. The van der Waals surface area contributed by atoms with Crippen molar-refractivity contribution in [3.05, 3.63) is 48.3 Å². The van der Waals surface area contributed by atoms with Gasteiger partial charge >= 0.3 is 0 Å². The third kappa shape index (κ3) is 3.42. The smallest absolute Gasteiger partial charge is 0.181 e. The van der Waals surface area contributed by atoms with Gasteiger partial charge in [0, 0.05) is 11.8 Å². The zero-order valence-corrected chi connectivity index (χ0v) is 17.0. The van der Waals surface area contributed by atoms with Gasteiger partial charge in [-0.2, -0.15) is 4.68 Å². The number of ether oxygens (including phenoxy) is 3. The van der Waals surface area contributed by atoms with Crippen molar-refractivity contribution in [2.75, 3.05) is 25.6 Å². The van der Waals surface area contributed by atoms with Crippen LogP contribution in [0.1, 0.15) is 37.9 Å². The third-order valence-electron chi connectivity index (χ3n) is 5.85. The number of nitrogens with zero attached hydrogens (tertiary/aromatic N) is 4. The molecule has 2 aromatic carbocycles. The van der Waals surface area contributed by atoms with Crippen molar-refractivity contribution in [3.8, 4) is 22.9 Å². The predicted octanol–water partition coefficient (Wildman–Crippen LogP) is 3.71. The van der Waals surface area contributed by atoms with Crippen LogP contribution >= 0.6 is 0 Å². The first kappa shape index (κ1) is 18.7. The maximum Gasteiger partial charge on any atom is 0.181 e. The lowest BCUT2D eigenvalue weighted by molar-refractivity contribution is 0.171. The lowest BCUT2D eigenvalue weighted by Crippen LogP contribution is -2.40. The third-order valence-corrected chi connectivity index (χ3v) is 5.85. The number of nitrogens with one attached hydrogen (secondary N) is 1. The summed E-state index contributed by atoms with van der Waals surface area (Å²) in [5.41, 5.74) is 1.53. The van der Waals surface area contributed by atoms with Gasteiger partial charge in [0.1, 0.15) is 19.0 Å². The summed E-state index contributed by atoms with van der Waals surface area (Å²) in [6, 6.07) is 13.8. The first-order valence-corrected chi connectivity index (χ1v) is 10.4. The Morgan fingerprint density at radius 3 is 2.50 bits per heavy atom. The number of fused-ring (bicyclic) bond motifs is 1. The van der Waals surface area contributed by atoms with Crippen molar-refractivity contribution in [3.63, 3.8) is 0 Å².